The van der Waals surface area contributed by atoms with E-state index < -0.39 is 0 Å². The standard InChI is InChI=1S/C26H21N7O2/c34-26(14-1-2-14)29-18-7-17(9-27-10-18)15-3-4-21-19(8-15)24(33-32-21)25-30-22-12-28-11-20(23(22)31-25)16-5-6-35-13-16/h3-6,8-14,18H,1-2,7H2,(H,29,34)(H,30,31)(H,32,33). The molecule has 1 fully saturated rings. The van der Waals surface area contributed by atoms with Gasteiger partial charge in [0.25, 0.3) is 0 Å². The number of aromatic nitrogens is 5. The predicted octanol–water partition coefficient (Wildman–Crippen LogP) is 4.47. The van der Waals surface area contributed by atoms with Crippen molar-refractivity contribution in [3.63, 3.8) is 0 Å². The van der Waals surface area contributed by atoms with Crippen molar-refractivity contribution in [2.75, 3.05) is 0 Å². The fourth-order valence-electron chi connectivity index (χ4n) is 4.57. The number of H-pyrrole nitrogens is 2. The average Bonchev–Trinajstić information content (AvgIpc) is 3.26. The number of aromatic amines is 2. The van der Waals surface area contributed by atoms with Crippen LogP contribution >= 0.6 is 0 Å². The summed E-state index contributed by atoms with van der Waals surface area (Å²) in [7, 11) is 0. The number of benzene rings is 1. The van der Waals surface area contributed by atoms with Gasteiger partial charge in [0.05, 0.1) is 35.8 Å². The SMILES string of the molecule is O=C(NC1C=NC=C(c2ccc3[nH]nc(-c4nc5c(-c6ccoc6)cncc5[nH]4)c3c2)C1)C1CC1. The van der Waals surface area contributed by atoms with Crippen molar-refractivity contribution < 1.29 is 9.21 Å². The molecule has 0 bridgehead atoms. The van der Waals surface area contributed by atoms with Crippen molar-refractivity contribution in [1.29, 1.82) is 0 Å². The lowest BCUT2D eigenvalue weighted by Gasteiger charge is -2.19. The monoisotopic (exact) mass is 463 g/mol. The number of carbonyl (C=O) groups excluding carboxylic acids is 1. The largest absolute Gasteiger partial charge is 0.472 e. The van der Waals surface area contributed by atoms with Gasteiger partial charge >= 0.3 is 0 Å². The Balaban J connectivity index is 1.24. The van der Waals surface area contributed by atoms with Gasteiger partial charge in [0.2, 0.25) is 5.91 Å². The van der Waals surface area contributed by atoms with E-state index in [1.54, 1.807) is 24.9 Å². The minimum absolute atomic E-state index is 0.0909. The third-order valence-corrected chi connectivity index (χ3v) is 6.60. The maximum Gasteiger partial charge on any atom is 0.223 e. The summed E-state index contributed by atoms with van der Waals surface area (Å²) in [5.41, 5.74) is 7.20. The van der Waals surface area contributed by atoms with E-state index in [0.29, 0.717) is 12.2 Å². The van der Waals surface area contributed by atoms with Gasteiger partial charge in [-0.25, -0.2) is 4.98 Å². The third kappa shape index (κ3) is 3.52. The van der Waals surface area contributed by atoms with Crippen LogP contribution in [0, 0.1) is 5.92 Å². The Hall–Kier alpha value is -4.53. The second-order valence-corrected chi connectivity index (χ2v) is 9.06. The number of hydrogen-bond donors (Lipinski definition) is 3. The van der Waals surface area contributed by atoms with Crippen molar-refractivity contribution in [1.82, 2.24) is 30.5 Å². The lowest BCUT2D eigenvalue weighted by atomic mass is 9.96. The molecule has 172 valence electrons. The Morgan fingerprint density at radius 3 is 2.91 bits per heavy atom. The van der Waals surface area contributed by atoms with Crippen LogP contribution in [0.15, 0.2) is 64.8 Å². The number of furan rings is 1. The fourth-order valence-corrected chi connectivity index (χ4v) is 4.57. The molecule has 1 unspecified atom stereocenters. The first-order valence-corrected chi connectivity index (χ1v) is 11.6. The second-order valence-electron chi connectivity index (χ2n) is 9.06. The maximum absolute atomic E-state index is 12.2. The summed E-state index contributed by atoms with van der Waals surface area (Å²) in [5.74, 6) is 0.964. The van der Waals surface area contributed by atoms with Crippen molar-refractivity contribution in [2.45, 2.75) is 25.3 Å². The molecule has 1 aliphatic carbocycles. The van der Waals surface area contributed by atoms with Crippen LogP contribution in [0.4, 0.5) is 0 Å². The number of fused-ring (bicyclic) bond motifs is 2. The van der Waals surface area contributed by atoms with E-state index >= 15 is 0 Å². The molecule has 0 spiro atoms. The van der Waals surface area contributed by atoms with Crippen LogP contribution in [-0.4, -0.2) is 43.3 Å². The zero-order valence-electron chi connectivity index (χ0n) is 18.7. The Morgan fingerprint density at radius 2 is 2.06 bits per heavy atom. The highest BCUT2D eigenvalue weighted by molar-refractivity contribution is 5.98. The number of amides is 1. The van der Waals surface area contributed by atoms with E-state index in [9.17, 15) is 4.79 Å². The van der Waals surface area contributed by atoms with Gasteiger partial charge in [0.15, 0.2) is 5.82 Å². The molecule has 1 saturated carbocycles. The summed E-state index contributed by atoms with van der Waals surface area (Å²) in [6.07, 6.45) is 13.2. The molecular weight excluding hydrogens is 442 g/mol. The van der Waals surface area contributed by atoms with Gasteiger partial charge in [-0.1, -0.05) is 6.07 Å². The number of nitrogens with zero attached hydrogens (tertiary/aromatic N) is 4. The van der Waals surface area contributed by atoms with Gasteiger partial charge in [-0.05, 0) is 48.6 Å². The molecule has 7 rings (SSSR count). The van der Waals surface area contributed by atoms with E-state index in [1.807, 2.05) is 24.5 Å². The summed E-state index contributed by atoms with van der Waals surface area (Å²) < 4.78 is 5.25. The Kier molecular flexibility index (Phi) is 4.41. The van der Waals surface area contributed by atoms with Crippen molar-refractivity contribution >= 4 is 39.6 Å². The van der Waals surface area contributed by atoms with Crippen molar-refractivity contribution in [3.05, 3.63) is 60.9 Å². The molecule has 0 radical (unpaired) electrons. The molecular formula is C26H21N7O2. The molecule has 2 aliphatic rings. The van der Waals surface area contributed by atoms with Crippen LogP contribution in [0.1, 0.15) is 24.8 Å². The Morgan fingerprint density at radius 1 is 1.11 bits per heavy atom. The lowest BCUT2D eigenvalue weighted by Crippen LogP contribution is -2.37. The molecule has 1 aromatic carbocycles. The van der Waals surface area contributed by atoms with Crippen LogP contribution in [0.3, 0.4) is 0 Å². The minimum Gasteiger partial charge on any atom is -0.472 e. The van der Waals surface area contributed by atoms with Gasteiger partial charge in [-0.15, -0.1) is 0 Å². The molecule has 5 aromatic rings. The van der Waals surface area contributed by atoms with Gasteiger partial charge < -0.3 is 14.7 Å². The van der Waals surface area contributed by atoms with Crippen LogP contribution in [0.2, 0.25) is 0 Å². The van der Waals surface area contributed by atoms with Crippen molar-refractivity contribution in [3.8, 4) is 22.6 Å². The quantitative estimate of drug-likeness (QED) is 0.355. The summed E-state index contributed by atoms with van der Waals surface area (Å²) in [6, 6.07) is 7.96. The van der Waals surface area contributed by atoms with Crippen LogP contribution < -0.4 is 5.32 Å². The summed E-state index contributed by atoms with van der Waals surface area (Å²) in [4.78, 5) is 29.2. The van der Waals surface area contributed by atoms with Crippen LogP contribution in [0.25, 0.3) is 50.2 Å². The number of carbonyl (C=O) groups is 1. The maximum atomic E-state index is 12.2. The zero-order valence-corrected chi connectivity index (χ0v) is 18.7. The Labute approximate surface area is 199 Å². The third-order valence-electron chi connectivity index (χ3n) is 6.60. The first-order chi connectivity index (χ1) is 17.2. The molecule has 0 saturated heterocycles. The number of rotatable bonds is 5. The summed E-state index contributed by atoms with van der Waals surface area (Å²) in [5, 5.41) is 11.7. The molecule has 9 heteroatoms. The smallest absolute Gasteiger partial charge is 0.223 e. The summed E-state index contributed by atoms with van der Waals surface area (Å²) >= 11 is 0. The molecule has 1 aliphatic heterocycles. The predicted molar refractivity (Wildman–Crippen MR) is 132 cm³/mol. The van der Waals surface area contributed by atoms with Gasteiger partial charge in [-0.3, -0.25) is 19.9 Å². The number of nitrogens with one attached hydrogen (secondary N) is 3. The number of imidazole rings is 1. The average molecular weight is 464 g/mol. The number of pyridine rings is 1. The number of aliphatic imine (C=N–C) groups is 1. The normalized spacial score (nSPS) is 17.7. The van der Waals surface area contributed by atoms with Crippen molar-refractivity contribution in [2.24, 2.45) is 10.9 Å². The Bertz CT molecular complexity index is 1640. The van der Waals surface area contributed by atoms with E-state index in [2.05, 4.69) is 42.6 Å². The molecule has 9 nitrogen and oxygen atoms in total. The molecule has 1 amide bonds. The first-order valence-electron chi connectivity index (χ1n) is 11.6. The van der Waals surface area contributed by atoms with Gasteiger partial charge in [-0.2, -0.15) is 5.10 Å². The van der Waals surface area contributed by atoms with E-state index in [0.717, 1.165) is 62.7 Å². The summed E-state index contributed by atoms with van der Waals surface area (Å²) in [6.45, 7) is 0. The highest BCUT2D eigenvalue weighted by Gasteiger charge is 2.31. The van der Waals surface area contributed by atoms with E-state index in [-0.39, 0.29) is 17.9 Å². The van der Waals surface area contributed by atoms with Gasteiger partial charge in [0, 0.05) is 41.0 Å². The van der Waals surface area contributed by atoms with E-state index in [4.69, 9.17) is 9.40 Å². The number of hydrogen-bond acceptors (Lipinski definition) is 6. The van der Waals surface area contributed by atoms with Gasteiger partial charge in [0.1, 0.15) is 11.2 Å². The molecule has 4 aromatic heterocycles. The molecule has 1 atom stereocenters. The fraction of sp³-hybridized carbons (Fsp3) is 0.192. The highest BCUT2D eigenvalue weighted by Crippen LogP contribution is 2.33. The highest BCUT2D eigenvalue weighted by atomic mass is 16.3. The van der Waals surface area contributed by atoms with Crippen LogP contribution in [-0.2, 0) is 4.79 Å². The topological polar surface area (TPSA) is 125 Å². The lowest BCUT2D eigenvalue weighted by molar-refractivity contribution is -0.122. The zero-order chi connectivity index (χ0) is 23.4. The molecule has 3 N–H and O–H groups in total. The first kappa shape index (κ1) is 19.9. The molecule has 5 heterocycles. The second kappa shape index (κ2) is 7.76. The molecule has 35 heavy (non-hydrogen) atoms. The van der Waals surface area contributed by atoms with Crippen LogP contribution in [0.5, 0.6) is 0 Å². The minimum atomic E-state index is -0.0909. The van der Waals surface area contributed by atoms with E-state index in [1.165, 1.54) is 0 Å².